The average molecular weight is 542 g/mol. The molecule has 0 spiro atoms. The van der Waals surface area contributed by atoms with Crippen LogP contribution in [0.2, 0.25) is 0 Å². The van der Waals surface area contributed by atoms with Crippen LogP contribution in [-0.2, 0) is 19.9 Å². The minimum atomic E-state index is -1.14. The number of aliphatic hydroxyl groups is 1. The highest BCUT2D eigenvalue weighted by atomic mass is 32.1. The molecule has 0 amide bonds. The molecule has 0 bridgehead atoms. The van der Waals surface area contributed by atoms with Gasteiger partial charge in [-0.05, 0) is 83.9 Å². The molecular weight excluding hydrogens is 502 g/mol. The molecule has 206 valence electrons. The van der Waals surface area contributed by atoms with E-state index in [-0.39, 0.29) is 17.8 Å². The first-order valence-electron chi connectivity index (χ1n) is 13.4. The summed E-state index contributed by atoms with van der Waals surface area (Å²) < 4.78 is 12.5. The number of nitrogens with two attached hydrogens (primary N) is 1. The lowest BCUT2D eigenvalue weighted by Gasteiger charge is -2.36. The second kappa shape index (κ2) is 11.1. The monoisotopic (exact) mass is 541 g/mol. The predicted molar refractivity (Wildman–Crippen MR) is 150 cm³/mol. The Balaban J connectivity index is 1.55. The second-order valence-electron chi connectivity index (χ2n) is 11.4. The Kier molecular flexibility index (Phi) is 8.18. The first kappa shape index (κ1) is 28.1. The van der Waals surface area contributed by atoms with Crippen molar-refractivity contribution >= 4 is 40.0 Å². The van der Waals surface area contributed by atoms with E-state index in [1.165, 1.54) is 15.9 Å². The number of hydrogen-bond acceptors (Lipinski definition) is 8. The van der Waals surface area contributed by atoms with E-state index in [2.05, 4.69) is 11.9 Å². The quantitative estimate of drug-likeness (QED) is 0.199. The fourth-order valence-corrected chi connectivity index (χ4v) is 6.10. The van der Waals surface area contributed by atoms with Gasteiger partial charge in [-0.15, -0.1) is 11.3 Å². The molecule has 1 fully saturated rings. The molecule has 0 radical (unpaired) electrons. The molecule has 1 atom stereocenters. The molecule has 4 rings (SSSR count). The lowest BCUT2D eigenvalue weighted by Crippen LogP contribution is -2.36. The number of carbonyl (C=O) groups excluding carboxylic acids is 2. The Morgan fingerprint density at radius 1 is 1.18 bits per heavy atom. The fraction of sp³-hybridized carbons (Fsp3) is 0.552. The molecule has 9 heteroatoms. The van der Waals surface area contributed by atoms with E-state index >= 15 is 0 Å². The number of rotatable bonds is 7. The Hall–Kier alpha value is -2.91. The number of esters is 1. The predicted octanol–water partition coefficient (Wildman–Crippen LogP) is 6.49. The zero-order valence-corrected chi connectivity index (χ0v) is 23.8. The SMILES string of the molecule is CCCCOC(=O)C1CCC([C@@](C)(O)c2ncc(-c3cn(C(=O)OC(C)(C)C)c4ccc(N)cc34)s2)CC1. The van der Waals surface area contributed by atoms with Crippen molar-refractivity contribution in [1.82, 2.24) is 9.55 Å². The van der Waals surface area contributed by atoms with Crippen molar-refractivity contribution < 1.29 is 24.2 Å². The maximum Gasteiger partial charge on any atom is 0.419 e. The highest BCUT2D eigenvalue weighted by molar-refractivity contribution is 7.15. The molecule has 0 saturated heterocycles. The van der Waals surface area contributed by atoms with Gasteiger partial charge in [-0.3, -0.25) is 9.36 Å². The normalized spacial score (nSPS) is 19.7. The van der Waals surface area contributed by atoms with E-state index in [0.717, 1.165) is 41.5 Å². The Morgan fingerprint density at radius 2 is 1.89 bits per heavy atom. The third kappa shape index (κ3) is 6.04. The zero-order chi connectivity index (χ0) is 27.7. The number of anilines is 1. The van der Waals surface area contributed by atoms with Crippen molar-refractivity contribution in [1.29, 1.82) is 0 Å². The van der Waals surface area contributed by atoms with Crippen LogP contribution in [0.4, 0.5) is 10.5 Å². The Morgan fingerprint density at radius 3 is 2.55 bits per heavy atom. The van der Waals surface area contributed by atoms with Gasteiger partial charge in [0.05, 0.1) is 22.9 Å². The van der Waals surface area contributed by atoms with E-state index in [0.29, 0.717) is 35.7 Å². The molecule has 3 aromatic rings. The molecule has 3 N–H and O–H groups in total. The van der Waals surface area contributed by atoms with Gasteiger partial charge in [0.15, 0.2) is 0 Å². The topological polar surface area (TPSA) is 117 Å². The van der Waals surface area contributed by atoms with Crippen molar-refractivity contribution in [2.24, 2.45) is 11.8 Å². The molecule has 1 aliphatic carbocycles. The molecule has 0 aliphatic heterocycles. The number of aromatic nitrogens is 2. The summed E-state index contributed by atoms with van der Waals surface area (Å²) >= 11 is 1.41. The molecule has 2 aromatic heterocycles. The van der Waals surface area contributed by atoms with E-state index < -0.39 is 17.3 Å². The van der Waals surface area contributed by atoms with E-state index in [9.17, 15) is 14.7 Å². The van der Waals surface area contributed by atoms with Gasteiger partial charge < -0.3 is 20.3 Å². The van der Waals surface area contributed by atoms with Crippen molar-refractivity contribution in [3.05, 3.63) is 35.6 Å². The summed E-state index contributed by atoms with van der Waals surface area (Å²) in [5.74, 6) is -0.233. The van der Waals surface area contributed by atoms with E-state index in [1.807, 2.05) is 39.8 Å². The fourth-order valence-electron chi connectivity index (χ4n) is 5.04. The van der Waals surface area contributed by atoms with Crippen molar-refractivity contribution in [2.75, 3.05) is 12.3 Å². The molecular formula is C29H39N3O5S. The summed E-state index contributed by atoms with van der Waals surface area (Å²) in [5.41, 5.74) is 6.39. The molecule has 1 saturated carbocycles. The third-order valence-corrected chi connectivity index (χ3v) is 8.48. The number of thiazole rings is 1. The standard InChI is InChI=1S/C29H39N3O5S/c1-6-7-14-36-25(33)18-8-10-19(11-9-18)29(5,35)26-31-16-24(38-26)22-17-32(27(34)37-28(2,3)4)23-13-12-20(30)15-21(22)23/h12-13,15-19,35H,6-11,14,30H2,1-5H3/t18?,19?,29-/m1/s1. The van der Waals surface area contributed by atoms with Crippen LogP contribution in [0.15, 0.2) is 30.6 Å². The van der Waals surface area contributed by atoms with Gasteiger partial charge >= 0.3 is 12.1 Å². The number of ether oxygens (including phenoxy) is 2. The van der Waals surface area contributed by atoms with Gasteiger partial charge in [-0.2, -0.15) is 0 Å². The van der Waals surface area contributed by atoms with Gasteiger partial charge in [0.2, 0.25) is 0 Å². The zero-order valence-electron chi connectivity index (χ0n) is 23.0. The van der Waals surface area contributed by atoms with Gasteiger partial charge in [-0.1, -0.05) is 13.3 Å². The summed E-state index contributed by atoms with van der Waals surface area (Å²) in [4.78, 5) is 30.8. The molecule has 2 heterocycles. The number of nitrogen functional groups attached to an aromatic ring is 1. The molecule has 8 nitrogen and oxygen atoms in total. The Bertz CT molecular complexity index is 1300. The first-order valence-corrected chi connectivity index (χ1v) is 14.2. The summed E-state index contributed by atoms with van der Waals surface area (Å²) in [7, 11) is 0. The Labute approximate surface area is 228 Å². The highest BCUT2D eigenvalue weighted by Gasteiger charge is 2.40. The number of carbonyl (C=O) groups is 2. The number of hydrogen-bond donors (Lipinski definition) is 2. The van der Waals surface area contributed by atoms with Gasteiger partial charge in [0, 0.05) is 29.0 Å². The number of nitrogens with zero attached hydrogens (tertiary/aromatic N) is 2. The minimum Gasteiger partial charge on any atom is -0.465 e. The van der Waals surface area contributed by atoms with E-state index in [1.54, 1.807) is 18.5 Å². The van der Waals surface area contributed by atoms with Crippen LogP contribution in [0.1, 0.15) is 78.2 Å². The number of unbranched alkanes of at least 4 members (excludes halogenated alkanes) is 1. The summed E-state index contributed by atoms with van der Waals surface area (Å²) in [6.07, 6.45) is 7.74. The highest BCUT2D eigenvalue weighted by Crippen LogP contribution is 2.44. The maximum atomic E-state index is 12.9. The van der Waals surface area contributed by atoms with Crippen LogP contribution in [0.5, 0.6) is 0 Å². The van der Waals surface area contributed by atoms with Crippen LogP contribution >= 0.6 is 11.3 Å². The van der Waals surface area contributed by atoms with Crippen molar-refractivity contribution in [3.8, 4) is 10.4 Å². The summed E-state index contributed by atoms with van der Waals surface area (Å²) in [6.45, 7) is 9.84. The van der Waals surface area contributed by atoms with Crippen LogP contribution in [0.3, 0.4) is 0 Å². The molecule has 1 aliphatic rings. The minimum absolute atomic E-state index is 0.0139. The van der Waals surface area contributed by atoms with Crippen LogP contribution in [0.25, 0.3) is 21.3 Å². The van der Waals surface area contributed by atoms with Crippen LogP contribution in [-0.4, -0.2) is 38.9 Å². The largest absolute Gasteiger partial charge is 0.465 e. The third-order valence-electron chi connectivity index (χ3n) is 7.22. The smallest absolute Gasteiger partial charge is 0.419 e. The maximum absolute atomic E-state index is 12.9. The molecule has 38 heavy (non-hydrogen) atoms. The van der Waals surface area contributed by atoms with Gasteiger partial charge in [0.25, 0.3) is 0 Å². The van der Waals surface area contributed by atoms with Crippen molar-refractivity contribution in [2.45, 2.75) is 84.3 Å². The van der Waals surface area contributed by atoms with E-state index in [4.69, 9.17) is 15.2 Å². The van der Waals surface area contributed by atoms with Gasteiger partial charge in [0.1, 0.15) is 16.2 Å². The second-order valence-corrected chi connectivity index (χ2v) is 12.4. The lowest BCUT2D eigenvalue weighted by atomic mass is 9.74. The first-order chi connectivity index (χ1) is 17.9. The van der Waals surface area contributed by atoms with Crippen LogP contribution < -0.4 is 5.73 Å². The number of fused-ring (bicyclic) bond motifs is 1. The summed E-state index contributed by atoms with van der Waals surface area (Å²) in [5, 5.41) is 13.0. The molecule has 1 aromatic carbocycles. The van der Waals surface area contributed by atoms with Crippen LogP contribution in [0, 0.1) is 11.8 Å². The average Bonchev–Trinajstić information content (AvgIpc) is 3.48. The van der Waals surface area contributed by atoms with Gasteiger partial charge in [-0.25, -0.2) is 9.78 Å². The lowest BCUT2D eigenvalue weighted by molar-refractivity contribution is -0.151. The molecule has 0 unspecified atom stereocenters. The summed E-state index contributed by atoms with van der Waals surface area (Å²) in [6, 6.07) is 5.40. The van der Waals surface area contributed by atoms with Crippen molar-refractivity contribution in [3.63, 3.8) is 0 Å². The number of benzene rings is 1.